The van der Waals surface area contributed by atoms with Crippen LogP contribution in [0.15, 0.2) is 18.2 Å². The van der Waals surface area contributed by atoms with Crippen molar-refractivity contribution in [3.8, 4) is 5.75 Å². The van der Waals surface area contributed by atoms with Crippen molar-refractivity contribution in [3.05, 3.63) is 23.2 Å². The molecule has 0 aliphatic carbocycles. The van der Waals surface area contributed by atoms with Crippen LogP contribution in [-0.4, -0.2) is 25.1 Å². The van der Waals surface area contributed by atoms with Gasteiger partial charge in [0, 0.05) is 6.54 Å². The van der Waals surface area contributed by atoms with Gasteiger partial charge in [0.25, 0.3) is 0 Å². The molecule has 1 atom stereocenters. The maximum Gasteiger partial charge on any atom is 0.228 e. The molecular weight excluding hydrogens is 299 g/mol. The van der Waals surface area contributed by atoms with Gasteiger partial charge in [-0.1, -0.05) is 17.7 Å². The van der Waals surface area contributed by atoms with E-state index in [1.165, 1.54) is 0 Å². The molecular formula is C14H20Cl2N2O2. The van der Waals surface area contributed by atoms with E-state index in [4.69, 9.17) is 16.3 Å². The average Bonchev–Trinajstić information content (AvgIpc) is 2.87. The first-order valence-corrected chi connectivity index (χ1v) is 6.92. The van der Waals surface area contributed by atoms with Gasteiger partial charge in [0.15, 0.2) is 5.75 Å². The predicted molar refractivity (Wildman–Crippen MR) is 84.1 cm³/mol. The number of benzene rings is 1. The number of para-hydroxylation sites is 1. The van der Waals surface area contributed by atoms with E-state index in [2.05, 4.69) is 10.6 Å². The van der Waals surface area contributed by atoms with E-state index >= 15 is 0 Å². The molecule has 4 nitrogen and oxygen atoms in total. The van der Waals surface area contributed by atoms with Crippen LogP contribution in [0.3, 0.4) is 0 Å². The molecule has 1 aromatic rings. The SMILES string of the molecule is CC(C)Oc1c(Cl)cccc1NC(=O)C1CCNC1.Cl. The monoisotopic (exact) mass is 318 g/mol. The minimum absolute atomic E-state index is 0. The molecule has 20 heavy (non-hydrogen) atoms. The molecule has 1 fully saturated rings. The molecule has 1 aromatic carbocycles. The molecule has 0 spiro atoms. The summed E-state index contributed by atoms with van der Waals surface area (Å²) in [6.07, 6.45) is 0.871. The Labute approximate surface area is 130 Å². The zero-order valence-electron chi connectivity index (χ0n) is 11.6. The van der Waals surface area contributed by atoms with E-state index in [0.29, 0.717) is 16.5 Å². The van der Waals surface area contributed by atoms with Gasteiger partial charge >= 0.3 is 0 Å². The number of halogens is 2. The Bertz CT molecular complexity index is 460. The van der Waals surface area contributed by atoms with Crippen LogP contribution < -0.4 is 15.4 Å². The second-order valence-electron chi connectivity index (χ2n) is 4.96. The fourth-order valence-electron chi connectivity index (χ4n) is 2.08. The number of hydrogen-bond donors (Lipinski definition) is 2. The molecule has 2 rings (SSSR count). The van der Waals surface area contributed by atoms with E-state index in [9.17, 15) is 4.79 Å². The topological polar surface area (TPSA) is 50.4 Å². The summed E-state index contributed by atoms with van der Waals surface area (Å²) in [6.45, 7) is 5.47. The van der Waals surface area contributed by atoms with Crippen LogP contribution in [0.2, 0.25) is 5.02 Å². The molecule has 1 heterocycles. The zero-order valence-corrected chi connectivity index (χ0v) is 13.2. The smallest absolute Gasteiger partial charge is 0.228 e. The Balaban J connectivity index is 0.00000200. The molecule has 0 radical (unpaired) electrons. The second-order valence-corrected chi connectivity index (χ2v) is 5.37. The summed E-state index contributed by atoms with van der Waals surface area (Å²) in [4.78, 5) is 12.1. The molecule has 1 aliphatic heterocycles. The summed E-state index contributed by atoms with van der Waals surface area (Å²) in [6, 6.07) is 5.37. The largest absolute Gasteiger partial charge is 0.487 e. The summed E-state index contributed by atoms with van der Waals surface area (Å²) >= 11 is 6.13. The maximum absolute atomic E-state index is 12.1. The molecule has 1 aliphatic rings. The average molecular weight is 319 g/mol. The van der Waals surface area contributed by atoms with Crippen molar-refractivity contribution < 1.29 is 9.53 Å². The van der Waals surface area contributed by atoms with Crippen LogP contribution in [0, 0.1) is 5.92 Å². The number of carbonyl (C=O) groups excluding carboxylic acids is 1. The van der Waals surface area contributed by atoms with E-state index in [1.54, 1.807) is 12.1 Å². The quantitative estimate of drug-likeness (QED) is 0.897. The van der Waals surface area contributed by atoms with E-state index in [-0.39, 0.29) is 30.3 Å². The Morgan fingerprint density at radius 2 is 2.25 bits per heavy atom. The van der Waals surface area contributed by atoms with E-state index in [1.807, 2.05) is 19.9 Å². The first kappa shape index (κ1) is 17.1. The van der Waals surface area contributed by atoms with Crippen molar-refractivity contribution in [2.24, 2.45) is 5.92 Å². The first-order valence-electron chi connectivity index (χ1n) is 6.54. The molecule has 6 heteroatoms. The number of amides is 1. The van der Waals surface area contributed by atoms with Crippen molar-refractivity contribution in [3.63, 3.8) is 0 Å². The first-order chi connectivity index (χ1) is 9.08. The van der Waals surface area contributed by atoms with Gasteiger partial charge in [0.1, 0.15) is 0 Å². The third-order valence-corrected chi connectivity index (χ3v) is 3.31. The summed E-state index contributed by atoms with van der Waals surface area (Å²) in [5, 5.41) is 6.60. The molecule has 0 saturated carbocycles. The highest BCUT2D eigenvalue weighted by Crippen LogP contribution is 2.34. The number of ether oxygens (including phenoxy) is 1. The summed E-state index contributed by atoms with van der Waals surface area (Å²) in [7, 11) is 0. The van der Waals surface area contributed by atoms with Gasteiger partial charge in [-0.2, -0.15) is 0 Å². The highest BCUT2D eigenvalue weighted by atomic mass is 35.5. The normalized spacial score (nSPS) is 17.7. The molecule has 112 valence electrons. The highest BCUT2D eigenvalue weighted by molar-refractivity contribution is 6.32. The van der Waals surface area contributed by atoms with Crippen LogP contribution in [0.25, 0.3) is 0 Å². The lowest BCUT2D eigenvalue weighted by atomic mass is 10.1. The maximum atomic E-state index is 12.1. The summed E-state index contributed by atoms with van der Waals surface area (Å²) in [5.74, 6) is 0.574. The number of anilines is 1. The van der Waals surface area contributed by atoms with Gasteiger partial charge in [-0.05, 0) is 38.9 Å². The van der Waals surface area contributed by atoms with Gasteiger partial charge in [-0.3, -0.25) is 4.79 Å². The van der Waals surface area contributed by atoms with Crippen LogP contribution in [0.5, 0.6) is 5.75 Å². The lowest BCUT2D eigenvalue weighted by Crippen LogP contribution is -2.25. The fraction of sp³-hybridized carbons (Fsp3) is 0.500. The number of hydrogen-bond acceptors (Lipinski definition) is 3. The molecule has 1 unspecified atom stereocenters. The zero-order chi connectivity index (χ0) is 13.8. The van der Waals surface area contributed by atoms with Gasteiger partial charge < -0.3 is 15.4 Å². The second kappa shape index (κ2) is 7.72. The summed E-state index contributed by atoms with van der Waals surface area (Å²) in [5.41, 5.74) is 0.637. The Hall–Kier alpha value is -0.970. The number of carbonyl (C=O) groups is 1. The Morgan fingerprint density at radius 1 is 1.50 bits per heavy atom. The van der Waals surface area contributed by atoms with Gasteiger partial charge in [0.05, 0.1) is 22.7 Å². The van der Waals surface area contributed by atoms with Crippen LogP contribution in [0.4, 0.5) is 5.69 Å². The van der Waals surface area contributed by atoms with Crippen molar-refractivity contribution in [2.75, 3.05) is 18.4 Å². The minimum atomic E-state index is 0. The van der Waals surface area contributed by atoms with Crippen molar-refractivity contribution in [2.45, 2.75) is 26.4 Å². The van der Waals surface area contributed by atoms with Crippen LogP contribution >= 0.6 is 24.0 Å². The Morgan fingerprint density at radius 3 is 2.85 bits per heavy atom. The van der Waals surface area contributed by atoms with E-state index < -0.39 is 0 Å². The lowest BCUT2D eigenvalue weighted by Gasteiger charge is -2.17. The van der Waals surface area contributed by atoms with Crippen molar-refractivity contribution >= 4 is 35.6 Å². The number of rotatable bonds is 4. The minimum Gasteiger partial charge on any atom is -0.487 e. The standard InChI is InChI=1S/C14H19ClN2O2.ClH/c1-9(2)19-13-11(15)4-3-5-12(13)17-14(18)10-6-7-16-8-10;/h3-5,9-10,16H,6-8H2,1-2H3,(H,17,18);1H. The molecule has 1 saturated heterocycles. The van der Waals surface area contributed by atoms with Crippen molar-refractivity contribution in [1.29, 1.82) is 0 Å². The van der Waals surface area contributed by atoms with Gasteiger partial charge in [-0.25, -0.2) is 0 Å². The lowest BCUT2D eigenvalue weighted by molar-refractivity contribution is -0.119. The molecule has 0 bridgehead atoms. The van der Waals surface area contributed by atoms with Crippen molar-refractivity contribution in [1.82, 2.24) is 5.32 Å². The fourth-order valence-corrected chi connectivity index (χ4v) is 2.30. The van der Waals surface area contributed by atoms with Gasteiger partial charge in [-0.15, -0.1) is 12.4 Å². The van der Waals surface area contributed by atoms with E-state index in [0.717, 1.165) is 19.5 Å². The molecule has 2 N–H and O–H groups in total. The Kier molecular flexibility index (Phi) is 6.59. The molecule has 0 aromatic heterocycles. The third-order valence-electron chi connectivity index (χ3n) is 3.01. The predicted octanol–water partition coefficient (Wildman–Crippen LogP) is 3.10. The van der Waals surface area contributed by atoms with Crippen LogP contribution in [-0.2, 0) is 4.79 Å². The molecule has 1 amide bonds. The van der Waals surface area contributed by atoms with Crippen LogP contribution in [0.1, 0.15) is 20.3 Å². The highest BCUT2D eigenvalue weighted by Gasteiger charge is 2.23. The third kappa shape index (κ3) is 4.27. The summed E-state index contributed by atoms with van der Waals surface area (Å²) < 4.78 is 5.68. The number of nitrogens with one attached hydrogen (secondary N) is 2. The van der Waals surface area contributed by atoms with Gasteiger partial charge in [0.2, 0.25) is 5.91 Å².